The topological polar surface area (TPSA) is 72.5 Å². The predicted molar refractivity (Wildman–Crippen MR) is 94.8 cm³/mol. The van der Waals surface area contributed by atoms with E-state index >= 15 is 0 Å². The maximum absolute atomic E-state index is 13.0. The van der Waals surface area contributed by atoms with Crippen LogP contribution in [0.4, 0.5) is 4.39 Å². The molecule has 1 N–H and O–H groups in total. The number of ketones is 1. The molecule has 1 aromatic carbocycles. The number of benzene rings is 1. The van der Waals surface area contributed by atoms with Crippen molar-refractivity contribution in [2.75, 3.05) is 19.4 Å². The van der Waals surface area contributed by atoms with E-state index in [0.29, 0.717) is 21.5 Å². The summed E-state index contributed by atoms with van der Waals surface area (Å²) in [5.74, 6) is -0.205. The number of carbonyl (C=O) groups excluding carboxylic acids is 1. The van der Waals surface area contributed by atoms with Crippen LogP contribution >= 0.6 is 27.3 Å². The van der Waals surface area contributed by atoms with Crippen LogP contribution < -0.4 is 9.46 Å². The Morgan fingerprint density at radius 2 is 2.08 bits per heavy atom. The van der Waals surface area contributed by atoms with Gasteiger partial charge in [0.15, 0.2) is 6.61 Å². The third-order valence-corrected chi connectivity index (χ3v) is 5.46. The van der Waals surface area contributed by atoms with Crippen molar-refractivity contribution in [1.29, 1.82) is 0 Å². The van der Waals surface area contributed by atoms with Gasteiger partial charge in [-0.05, 0) is 52.7 Å². The Kier molecular flexibility index (Phi) is 6.50. The maximum atomic E-state index is 13.0. The number of ether oxygens (including phenoxy) is 1. The van der Waals surface area contributed by atoms with Crippen LogP contribution in [0.5, 0.6) is 5.75 Å². The molecule has 130 valence electrons. The first-order valence-electron chi connectivity index (χ1n) is 6.89. The van der Waals surface area contributed by atoms with Crippen molar-refractivity contribution in [3.05, 3.63) is 50.4 Å². The summed E-state index contributed by atoms with van der Waals surface area (Å²) >= 11 is 4.47. The molecule has 0 saturated carbocycles. The molecule has 24 heavy (non-hydrogen) atoms. The number of thiophene rings is 1. The van der Waals surface area contributed by atoms with Crippen LogP contribution in [0.2, 0.25) is 0 Å². The van der Waals surface area contributed by atoms with Crippen LogP contribution in [0.1, 0.15) is 14.5 Å². The zero-order valence-corrected chi connectivity index (χ0v) is 15.9. The quantitative estimate of drug-likeness (QED) is 0.646. The van der Waals surface area contributed by atoms with E-state index < -0.39 is 15.8 Å². The molecule has 1 aromatic heterocycles. The Labute approximate surface area is 152 Å². The lowest BCUT2D eigenvalue weighted by molar-refractivity contribution is 0.0925. The number of Topliss-reactive ketones (excluding diaryl/α,β-unsaturated/α-hetero) is 1. The molecule has 0 saturated heterocycles. The lowest BCUT2D eigenvalue weighted by Crippen LogP contribution is -2.24. The van der Waals surface area contributed by atoms with Crippen molar-refractivity contribution in [2.45, 2.75) is 6.42 Å². The number of sulfonamides is 1. The summed E-state index contributed by atoms with van der Waals surface area (Å²) in [7, 11) is -3.21. The highest BCUT2D eigenvalue weighted by molar-refractivity contribution is 9.10. The summed E-state index contributed by atoms with van der Waals surface area (Å²) in [5, 5.41) is 0. The third-order valence-electron chi connectivity index (χ3n) is 2.92. The van der Waals surface area contributed by atoms with Crippen LogP contribution in [0.3, 0.4) is 0 Å². The zero-order valence-electron chi connectivity index (χ0n) is 12.7. The number of hydrogen-bond donors (Lipinski definition) is 1. The molecule has 2 aromatic rings. The fourth-order valence-electron chi connectivity index (χ4n) is 1.83. The molecular weight excluding hydrogens is 421 g/mol. The van der Waals surface area contributed by atoms with E-state index in [1.54, 1.807) is 12.1 Å². The van der Waals surface area contributed by atoms with Crippen molar-refractivity contribution >= 4 is 43.1 Å². The smallest absolute Gasteiger partial charge is 0.210 e. The number of nitrogens with one attached hydrogen (secondary N) is 1. The van der Waals surface area contributed by atoms with Gasteiger partial charge in [0.25, 0.3) is 0 Å². The summed E-state index contributed by atoms with van der Waals surface area (Å²) in [4.78, 5) is 13.6. The normalized spacial score (nSPS) is 11.5. The SMILES string of the molecule is CS(=O)(=O)NCCc1ccc(C(=O)COc2ccc(F)cc2Br)s1. The Morgan fingerprint density at radius 1 is 1.33 bits per heavy atom. The van der Waals surface area contributed by atoms with Crippen LogP contribution in [0, 0.1) is 5.82 Å². The monoisotopic (exact) mass is 435 g/mol. The molecule has 0 aliphatic carbocycles. The van der Waals surface area contributed by atoms with Crippen LogP contribution in [-0.2, 0) is 16.4 Å². The summed E-state index contributed by atoms with van der Waals surface area (Å²) in [6, 6.07) is 7.44. The van der Waals surface area contributed by atoms with E-state index in [-0.39, 0.29) is 18.9 Å². The lowest BCUT2D eigenvalue weighted by atomic mass is 10.3. The molecule has 0 unspecified atom stereocenters. The second-order valence-electron chi connectivity index (χ2n) is 4.97. The number of hydrogen-bond acceptors (Lipinski definition) is 5. The van der Waals surface area contributed by atoms with Crippen LogP contribution in [-0.4, -0.2) is 33.6 Å². The minimum absolute atomic E-state index is 0.161. The molecule has 0 amide bonds. The number of rotatable bonds is 8. The van der Waals surface area contributed by atoms with Gasteiger partial charge in [-0.1, -0.05) is 0 Å². The first kappa shape index (κ1) is 19.0. The largest absolute Gasteiger partial charge is 0.484 e. The van der Waals surface area contributed by atoms with Gasteiger partial charge >= 0.3 is 0 Å². The second kappa shape index (κ2) is 8.19. The summed E-state index contributed by atoms with van der Waals surface area (Å²) < 4.78 is 43.2. The van der Waals surface area contributed by atoms with E-state index in [0.717, 1.165) is 11.1 Å². The summed E-state index contributed by atoms with van der Waals surface area (Å²) in [6.07, 6.45) is 1.61. The standard InChI is InChI=1S/C15H15BrFNO4S2/c1-24(20,21)18-7-6-11-3-5-15(23-11)13(19)9-22-14-4-2-10(17)8-12(14)16/h2-5,8,18H,6-7,9H2,1H3. The van der Waals surface area contributed by atoms with E-state index in [2.05, 4.69) is 20.7 Å². The Morgan fingerprint density at radius 3 is 2.75 bits per heavy atom. The molecule has 9 heteroatoms. The zero-order chi connectivity index (χ0) is 17.7. The first-order chi connectivity index (χ1) is 11.2. The summed E-state index contributed by atoms with van der Waals surface area (Å²) in [6.45, 7) is 0.123. The predicted octanol–water partition coefficient (Wildman–Crippen LogP) is 3.00. The van der Waals surface area contributed by atoms with E-state index in [9.17, 15) is 17.6 Å². The second-order valence-corrected chi connectivity index (χ2v) is 8.82. The van der Waals surface area contributed by atoms with Gasteiger partial charge in [0.2, 0.25) is 15.8 Å². The van der Waals surface area contributed by atoms with Crippen molar-refractivity contribution < 1.29 is 22.3 Å². The molecule has 5 nitrogen and oxygen atoms in total. The van der Waals surface area contributed by atoms with E-state index in [4.69, 9.17) is 4.74 Å². The molecular formula is C15H15BrFNO4S2. The summed E-state index contributed by atoms with van der Waals surface area (Å²) in [5.41, 5.74) is 0. The van der Waals surface area contributed by atoms with E-state index in [1.165, 1.54) is 29.5 Å². The highest BCUT2D eigenvalue weighted by Crippen LogP contribution is 2.26. The van der Waals surface area contributed by atoms with Gasteiger partial charge in [0, 0.05) is 11.4 Å². The number of halogens is 2. The Bertz CT molecular complexity index is 836. The first-order valence-corrected chi connectivity index (χ1v) is 10.4. The number of carbonyl (C=O) groups is 1. The Balaban J connectivity index is 1.89. The third kappa shape index (κ3) is 5.97. The van der Waals surface area contributed by atoms with Crippen LogP contribution in [0.15, 0.2) is 34.8 Å². The van der Waals surface area contributed by atoms with Crippen LogP contribution in [0.25, 0.3) is 0 Å². The van der Waals surface area contributed by atoms with Gasteiger partial charge in [0.05, 0.1) is 15.6 Å². The molecule has 0 aliphatic rings. The van der Waals surface area contributed by atoms with Gasteiger partial charge in [-0.3, -0.25) is 4.79 Å². The highest BCUT2D eigenvalue weighted by atomic mass is 79.9. The molecule has 0 aliphatic heterocycles. The molecule has 0 radical (unpaired) electrons. The Hall–Kier alpha value is -1.29. The average molecular weight is 436 g/mol. The molecule has 0 fully saturated rings. The fourth-order valence-corrected chi connectivity index (χ4v) is 3.70. The molecule has 0 atom stereocenters. The molecule has 2 rings (SSSR count). The fraction of sp³-hybridized carbons (Fsp3) is 0.267. The van der Waals surface area contributed by atoms with E-state index in [1.807, 2.05) is 0 Å². The maximum Gasteiger partial charge on any atom is 0.210 e. The van der Waals surface area contributed by atoms with Gasteiger partial charge in [-0.2, -0.15) is 0 Å². The van der Waals surface area contributed by atoms with Crippen molar-refractivity contribution in [2.24, 2.45) is 0 Å². The van der Waals surface area contributed by atoms with Crippen molar-refractivity contribution in [3.8, 4) is 5.75 Å². The van der Waals surface area contributed by atoms with Gasteiger partial charge in [0.1, 0.15) is 11.6 Å². The van der Waals surface area contributed by atoms with Gasteiger partial charge in [-0.25, -0.2) is 17.5 Å². The average Bonchev–Trinajstić information content (AvgIpc) is 2.93. The van der Waals surface area contributed by atoms with Gasteiger partial charge in [-0.15, -0.1) is 11.3 Å². The lowest BCUT2D eigenvalue weighted by Gasteiger charge is -2.06. The molecule has 0 bridgehead atoms. The highest BCUT2D eigenvalue weighted by Gasteiger charge is 2.12. The minimum atomic E-state index is -3.21. The van der Waals surface area contributed by atoms with Gasteiger partial charge < -0.3 is 4.74 Å². The minimum Gasteiger partial charge on any atom is -0.484 e. The molecule has 0 spiro atoms. The molecule has 1 heterocycles. The van der Waals surface area contributed by atoms with Crippen molar-refractivity contribution in [1.82, 2.24) is 4.72 Å². The van der Waals surface area contributed by atoms with Crippen molar-refractivity contribution in [3.63, 3.8) is 0 Å².